The zero-order chi connectivity index (χ0) is 13.6. The van der Waals surface area contributed by atoms with E-state index in [0.29, 0.717) is 5.11 Å². The molecular formula is C12H14N4OS2. The number of nitrogens with two attached hydrogens (primary N) is 2. The van der Waals surface area contributed by atoms with Crippen LogP contribution in [-0.2, 0) is 4.79 Å². The van der Waals surface area contributed by atoms with Crippen LogP contribution in [0.25, 0.3) is 0 Å². The van der Waals surface area contributed by atoms with Crippen LogP contribution in [0.15, 0.2) is 23.1 Å². The van der Waals surface area contributed by atoms with E-state index in [1.165, 1.54) is 4.90 Å². The first-order valence-corrected chi connectivity index (χ1v) is 7.34. The highest BCUT2D eigenvalue weighted by molar-refractivity contribution is 7.99. The molecular weight excluding hydrogens is 280 g/mol. The molecule has 0 aliphatic carbocycles. The minimum Gasteiger partial charge on any atom is -0.399 e. The molecule has 1 unspecified atom stereocenters. The molecule has 1 aromatic carbocycles. The molecule has 1 saturated heterocycles. The number of benzene rings is 1. The van der Waals surface area contributed by atoms with Crippen LogP contribution in [0, 0.1) is 0 Å². The van der Waals surface area contributed by atoms with Crippen LogP contribution in [0.4, 0.5) is 11.4 Å². The molecule has 4 N–H and O–H groups in total. The van der Waals surface area contributed by atoms with Crippen molar-refractivity contribution in [2.75, 3.05) is 29.5 Å². The van der Waals surface area contributed by atoms with E-state index < -0.39 is 0 Å². The summed E-state index contributed by atoms with van der Waals surface area (Å²) in [6.07, 6.45) is 0. The number of amides is 1. The molecule has 19 heavy (non-hydrogen) atoms. The van der Waals surface area contributed by atoms with Crippen LogP contribution in [-0.4, -0.2) is 40.8 Å². The fourth-order valence-corrected chi connectivity index (χ4v) is 3.98. The Morgan fingerprint density at radius 1 is 1.53 bits per heavy atom. The van der Waals surface area contributed by atoms with Gasteiger partial charge in [-0.1, -0.05) is 0 Å². The Morgan fingerprint density at radius 3 is 3.05 bits per heavy atom. The Hall–Kier alpha value is -1.47. The highest BCUT2D eigenvalue weighted by Gasteiger charge is 2.39. The number of hydrogen-bond acceptors (Lipinski definition) is 4. The van der Waals surface area contributed by atoms with E-state index in [-0.39, 0.29) is 18.5 Å². The van der Waals surface area contributed by atoms with Crippen molar-refractivity contribution in [1.82, 2.24) is 4.90 Å². The second-order valence-corrected chi connectivity index (χ2v) is 6.12. The van der Waals surface area contributed by atoms with E-state index in [9.17, 15) is 4.79 Å². The fourth-order valence-electron chi connectivity index (χ4n) is 2.50. The van der Waals surface area contributed by atoms with Gasteiger partial charge in [0.2, 0.25) is 5.91 Å². The fraction of sp³-hybridized carbons (Fsp3) is 0.333. The summed E-state index contributed by atoms with van der Waals surface area (Å²) in [5.74, 6) is 0.592. The average molecular weight is 294 g/mol. The molecule has 7 heteroatoms. The van der Waals surface area contributed by atoms with Crippen LogP contribution in [0.5, 0.6) is 0 Å². The quantitative estimate of drug-likeness (QED) is 0.616. The smallest absolute Gasteiger partial charge is 0.237 e. The van der Waals surface area contributed by atoms with Gasteiger partial charge in [0.25, 0.3) is 0 Å². The molecule has 1 aromatic rings. The summed E-state index contributed by atoms with van der Waals surface area (Å²) in [7, 11) is 0. The second kappa shape index (κ2) is 4.57. The second-order valence-electron chi connectivity index (χ2n) is 4.69. The molecule has 1 fully saturated rings. The van der Waals surface area contributed by atoms with Crippen molar-refractivity contribution in [2.24, 2.45) is 5.73 Å². The summed E-state index contributed by atoms with van der Waals surface area (Å²) in [4.78, 5) is 16.2. The Labute approximate surface area is 120 Å². The van der Waals surface area contributed by atoms with Crippen molar-refractivity contribution in [3.8, 4) is 0 Å². The largest absolute Gasteiger partial charge is 0.399 e. The first-order chi connectivity index (χ1) is 9.06. The van der Waals surface area contributed by atoms with Crippen LogP contribution in [0.2, 0.25) is 0 Å². The van der Waals surface area contributed by atoms with E-state index in [2.05, 4.69) is 4.90 Å². The van der Waals surface area contributed by atoms with Crippen LogP contribution < -0.4 is 16.4 Å². The maximum atomic E-state index is 11.1. The van der Waals surface area contributed by atoms with E-state index >= 15 is 0 Å². The molecule has 2 aliphatic heterocycles. The lowest BCUT2D eigenvalue weighted by atomic mass is 10.2. The summed E-state index contributed by atoms with van der Waals surface area (Å²) in [6.45, 7) is 0.914. The van der Waals surface area contributed by atoms with Gasteiger partial charge in [-0.2, -0.15) is 0 Å². The van der Waals surface area contributed by atoms with Gasteiger partial charge >= 0.3 is 0 Å². The van der Waals surface area contributed by atoms with Crippen molar-refractivity contribution < 1.29 is 4.79 Å². The SMILES string of the molecule is NC(=O)CN1CC2CSc3ccc(N)cc3N2C1=S. The summed E-state index contributed by atoms with van der Waals surface area (Å²) in [5, 5.41) is 0.663. The average Bonchev–Trinajstić information content (AvgIpc) is 2.66. The number of fused-ring (bicyclic) bond motifs is 3. The number of anilines is 2. The molecule has 0 radical (unpaired) electrons. The van der Waals surface area contributed by atoms with Gasteiger partial charge in [0.1, 0.15) is 0 Å². The Kier molecular flexibility index (Phi) is 3.02. The van der Waals surface area contributed by atoms with Crippen molar-refractivity contribution in [3.63, 3.8) is 0 Å². The third kappa shape index (κ3) is 2.12. The molecule has 100 valence electrons. The minimum atomic E-state index is -0.359. The van der Waals surface area contributed by atoms with Crippen LogP contribution in [0.1, 0.15) is 0 Å². The van der Waals surface area contributed by atoms with Crippen molar-refractivity contribution in [1.29, 1.82) is 0 Å². The van der Waals surface area contributed by atoms with Gasteiger partial charge in [0.15, 0.2) is 5.11 Å². The summed E-state index contributed by atoms with van der Waals surface area (Å²) < 4.78 is 0. The Bertz CT molecular complexity index is 563. The van der Waals surface area contributed by atoms with Crippen LogP contribution in [0.3, 0.4) is 0 Å². The number of nitrogens with zero attached hydrogens (tertiary/aromatic N) is 2. The molecule has 2 heterocycles. The third-order valence-electron chi connectivity index (χ3n) is 3.29. The van der Waals surface area contributed by atoms with E-state index in [1.54, 1.807) is 11.8 Å². The molecule has 0 spiro atoms. The van der Waals surface area contributed by atoms with Crippen molar-refractivity contribution in [3.05, 3.63) is 18.2 Å². The molecule has 0 aromatic heterocycles. The maximum Gasteiger partial charge on any atom is 0.237 e. The molecule has 3 rings (SSSR count). The molecule has 5 nitrogen and oxygen atoms in total. The van der Waals surface area contributed by atoms with E-state index in [4.69, 9.17) is 23.7 Å². The van der Waals surface area contributed by atoms with Gasteiger partial charge < -0.3 is 21.3 Å². The predicted molar refractivity (Wildman–Crippen MR) is 81.2 cm³/mol. The van der Waals surface area contributed by atoms with Gasteiger partial charge in [0.05, 0.1) is 18.3 Å². The monoisotopic (exact) mass is 294 g/mol. The Balaban J connectivity index is 1.95. The lowest BCUT2D eigenvalue weighted by molar-refractivity contribution is -0.118. The first-order valence-electron chi connectivity index (χ1n) is 5.95. The number of rotatable bonds is 2. The third-order valence-corrected chi connectivity index (χ3v) is 4.96. The molecule has 1 amide bonds. The van der Waals surface area contributed by atoms with Gasteiger partial charge in [-0.05, 0) is 30.4 Å². The molecule has 0 saturated carbocycles. The molecule has 1 atom stereocenters. The van der Waals surface area contributed by atoms with Crippen LogP contribution >= 0.6 is 24.0 Å². The lowest BCUT2D eigenvalue weighted by Gasteiger charge is -2.31. The number of primary amides is 1. The highest BCUT2D eigenvalue weighted by atomic mass is 32.2. The topological polar surface area (TPSA) is 75.6 Å². The summed E-state index contributed by atoms with van der Waals surface area (Å²) >= 11 is 7.27. The summed E-state index contributed by atoms with van der Waals surface area (Å²) in [6, 6.07) is 6.14. The number of thiocarbonyl (C=S) groups is 1. The summed E-state index contributed by atoms with van der Waals surface area (Å²) in [5.41, 5.74) is 12.9. The number of carbonyl (C=O) groups excluding carboxylic acids is 1. The molecule has 0 bridgehead atoms. The van der Waals surface area contributed by atoms with E-state index in [1.807, 2.05) is 23.1 Å². The highest BCUT2D eigenvalue weighted by Crippen LogP contribution is 2.41. The van der Waals surface area contributed by atoms with Gasteiger partial charge in [-0.15, -0.1) is 11.8 Å². The number of carbonyl (C=O) groups is 1. The predicted octanol–water partition coefficient (Wildman–Crippen LogP) is 0.635. The number of nitrogen functional groups attached to an aromatic ring is 1. The van der Waals surface area contributed by atoms with Crippen molar-refractivity contribution >= 4 is 46.4 Å². The lowest BCUT2D eigenvalue weighted by Crippen LogP contribution is -2.39. The number of hydrogen-bond donors (Lipinski definition) is 2. The first kappa shape index (κ1) is 12.6. The standard InChI is InChI=1S/C12H14N4OS2/c13-7-1-2-10-9(3-7)16-8(6-19-10)4-15(12(16)18)5-11(14)17/h1-3,8H,4-6,13H2,(H2,14,17). The van der Waals surface area contributed by atoms with E-state index in [0.717, 1.165) is 23.7 Å². The van der Waals surface area contributed by atoms with Gasteiger partial charge in [0, 0.05) is 22.9 Å². The minimum absolute atomic E-state index is 0.175. The Morgan fingerprint density at radius 2 is 2.32 bits per heavy atom. The zero-order valence-electron chi connectivity index (χ0n) is 10.2. The van der Waals surface area contributed by atoms with Gasteiger partial charge in [-0.25, -0.2) is 0 Å². The normalized spacial score (nSPS) is 21.3. The number of thioether (sulfide) groups is 1. The molecule has 2 aliphatic rings. The maximum absolute atomic E-state index is 11.1. The zero-order valence-corrected chi connectivity index (χ0v) is 11.8. The van der Waals surface area contributed by atoms with Crippen molar-refractivity contribution in [2.45, 2.75) is 10.9 Å². The van der Waals surface area contributed by atoms with Gasteiger partial charge in [-0.3, -0.25) is 4.79 Å².